The zero-order valence-corrected chi connectivity index (χ0v) is 14.4. The molecule has 1 aliphatic rings. The summed E-state index contributed by atoms with van der Waals surface area (Å²) in [6, 6.07) is 7.85. The van der Waals surface area contributed by atoms with Crippen molar-refractivity contribution in [3.63, 3.8) is 0 Å². The minimum absolute atomic E-state index is 0.0508. The maximum Gasteiger partial charge on any atom is 0.229 e. The minimum Gasteiger partial charge on any atom is -0.394 e. The lowest BCUT2D eigenvalue weighted by molar-refractivity contribution is 0.265. The minimum atomic E-state index is 0.0508. The summed E-state index contributed by atoms with van der Waals surface area (Å²) >= 11 is 3.42. The van der Waals surface area contributed by atoms with Gasteiger partial charge in [-0.05, 0) is 37.1 Å². The molecule has 4 rings (SSSR count). The molecule has 1 aromatic carbocycles. The van der Waals surface area contributed by atoms with Crippen LogP contribution in [0.4, 0.5) is 17.5 Å². The van der Waals surface area contributed by atoms with E-state index in [1.165, 1.54) is 0 Å². The Labute approximate surface area is 146 Å². The number of H-pyrrole nitrogens is 1. The Kier molecular flexibility index (Phi) is 4.03. The van der Waals surface area contributed by atoms with E-state index >= 15 is 0 Å². The van der Waals surface area contributed by atoms with E-state index in [0.717, 1.165) is 29.5 Å². The highest BCUT2D eigenvalue weighted by atomic mass is 79.9. The molecule has 1 saturated heterocycles. The molecule has 0 amide bonds. The highest BCUT2D eigenvalue weighted by molar-refractivity contribution is 9.10. The van der Waals surface area contributed by atoms with Crippen molar-refractivity contribution in [3.8, 4) is 0 Å². The van der Waals surface area contributed by atoms with Crippen molar-refractivity contribution >= 4 is 44.5 Å². The summed E-state index contributed by atoms with van der Waals surface area (Å²) < 4.78 is 1.01. The molecule has 3 heterocycles. The second kappa shape index (κ2) is 6.33. The summed E-state index contributed by atoms with van der Waals surface area (Å²) in [5.41, 5.74) is 1.98. The number of nitrogens with one attached hydrogen (secondary N) is 2. The van der Waals surface area contributed by atoms with Crippen LogP contribution < -0.4 is 10.2 Å². The number of halogens is 1. The van der Waals surface area contributed by atoms with Crippen LogP contribution in [0.15, 0.2) is 28.7 Å². The van der Waals surface area contributed by atoms with Crippen LogP contribution in [0.1, 0.15) is 12.8 Å². The van der Waals surface area contributed by atoms with Gasteiger partial charge in [-0.2, -0.15) is 20.3 Å². The smallest absolute Gasteiger partial charge is 0.229 e. The monoisotopic (exact) mass is 389 g/mol. The predicted octanol–water partition coefficient (Wildman–Crippen LogP) is 2.22. The molecule has 8 nitrogen and oxygen atoms in total. The van der Waals surface area contributed by atoms with Crippen LogP contribution in [0.25, 0.3) is 11.2 Å². The standard InChI is InChI=1S/C15H16BrN7O/c16-9-3-5-10(6-4-9)17-13-12-14(21-22-20-12)19-15(18-13)23-7-1-2-11(23)8-24/h3-6,11,24H,1-2,7-8H2,(H2,17,18,19,20,21,22). The van der Waals surface area contributed by atoms with E-state index in [1.54, 1.807) is 0 Å². The van der Waals surface area contributed by atoms with Crippen LogP contribution in [0, 0.1) is 0 Å². The fourth-order valence-corrected chi connectivity index (χ4v) is 3.17. The number of aromatic nitrogens is 5. The molecular weight excluding hydrogens is 374 g/mol. The number of nitrogens with zero attached hydrogens (tertiary/aromatic N) is 5. The largest absolute Gasteiger partial charge is 0.394 e. The first kappa shape index (κ1) is 15.3. The molecule has 1 aliphatic heterocycles. The molecule has 124 valence electrons. The lowest BCUT2D eigenvalue weighted by Gasteiger charge is -2.23. The third-order valence-corrected chi connectivity index (χ3v) is 4.65. The van der Waals surface area contributed by atoms with E-state index in [2.05, 4.69) is 46.6 Å². The van der Waals surface area contributed by atoms with Gasteiger partial charge in [-0.3, -0.25) is 0 Å². The van der Waals surface area contributed by atoms with Gasteiger partial charge >= 0.3 is 0 Å². The summed E-state index contributed by atoms with van der Waals surface area (Å²) in [5, 5.41) is 23.7. The van der Waals surface area contributed by atoms with Gasteiger partial charge in [0.25, 0.3) is 0 Å². The lowest BCUT2D eigenvalue weighted by Crippen LogP contribution is -2.33. The second-order valence-electron chi connectivity index (χ2n) is 5.67. The maximum absolute atomic E-state index is 9.55. The average Bonchev–Trinajstić information content (AvgIpc) is 3.25. The fraction of sp³-hybridized carbons (Fsp3) is 0.333. The molecule has 1 atom stereocenters. The van der Waals surface area contributed by atoms with Gasteiger partial charge in [-0.15, -0.1) is 5.10 Å². The zero-order chi connectivity index (χ0) is 16.5. The van der Waals surface area contributed by atoms with Gasteiger partial charge in [-0.1, -0.05) is 15.9 Å². The topological polar surface area (TPSA) is 103 Å². The second-order valence-corrected chi connectivity index (χ2v) is 6.59. The number of aliphatic hydroxyl groups excluding tert-OH is 1. The van der Waals surface area contributed by atoms with Crippen molar-refractivity contribution in [2.45, 2.75) is 18.9 Å². The van der Waals surface area contributed by atoms with Crippen molar-refractivity contribution < 1.29 is 5.11 Å². The van der Waals surface area contributed by atoms with Crippen LogP contribution >= 0.6 is 15.9 Å². The Morgan fingerprint density at radius 2 is 2.08 bits per heavy atom. The molecule has 0 radical (unpaired) electrons. The molecule has 1 unspecified atom stereocenters. The number of aliphatic hydroxyl groups is 1. The maximum atomic E-state index is 9.55. The molecule has 0 bridgehead atoms. The molecular formula is C15H16BrN7O. The Balaban J connectivity index is 1.73. The van der Waals surface area contributed by atoms with Crippen LogP contribution in [0.5, 0.6) is 0 Å². The van der Waals surface area contributed by atoms with Gasteiger partial charge < -0.3 is 15.3 Å². The van der Waals surface area contributed by atoms with Gasteiger partial charge in [0.15, 0.2) is 11.3 Å². The molecule has 24 heavy (non-hydrogen) atoms. The fourth-order valence-electron chi connectivity index (χ4n) is 2.91. The molecule has 0 aliphatic carbocycles. The van der Waals surface area contributed by atoms with Crippen molar-refractivity contribution in [3.05, 3.63) is 28.7 Å². The summed E-state index contributed by atoms with van der Waals surface area (Å²) in [6.45, 7) is 0.919. The van der Waals surface area contributed by atoms with E-state index in [9.17, 15) is 5.11 Å². The number of aromatic amines is 1. The highest BCUT2D eigenvalue weighted by Crippen LogP contribution is 2.28. The van der Waals surface area contributed by atoms with Crippen LogP contribution in [0.2, 0.25) is 0 Å². The van der Waals surface area contributed by atoms with Gasteiger partial charge in [0.05, 0.1) is 12.6 Å². The average molecular weight is 390 g/mol. The summed E-state index contributed by atoms with van der Waals surface area (Å²) in [6.07, 6.45) is 1.95. The number of rotatable bonds is 4. The SMILES string of the molecule is OCC1CCCN1c1nc(Nc2ccc(Br)cc2)c2n[nH]nc2n1. The Morgan fingerprint density at radius 1 is 1.25 bits per heavy atom. The summed E-state index contributed by atoms with van der Waals surface area (Å²) in [5.74, 6) is 1.15. The van der Waals surface area contributed by atoms with Gasteiger partial charge in [-0.25, -0.2) is 0 Å². The van der Waals surface area contributed by atoms with Crippen LogP contribution in [-0.2, 0) is 0 Å². The molecule has 1 fully saturated rings. The van der Waals surface area contributed by atoms with E-state index in [1.807, 2.05) is 29.2 Å². The number of hydrogen-bond donors (Lipinski definition) is 3. The van der Waals surface area contributed by atoms with Crippen molar-refractivity contribution in [2.75, 3.05) is 23.4 Å². The normalized spacial score (nSPS) is 17.6. The third kappa shape index (κ3) is 2.80. The number of fused-ring (bicyclic) bond motifs is 1. The molecule has 3 aromatic rings. The van der Waals surface area contributed by atoms with E-state index in [0.29, 0.717) is 22.9 Å². The quantitative estimate of drug-likeness (QED) is 0.628. The highest BCUT2D eigenvalue weighted by Gasteiger charge is 2.27. The van der Waals surface area contributed by atoms with E-state index < -0.39 is 0 Å². The van der Waals surface area contributed by atoms with E-state index in [4.69, 9.17) is 0 Å². The van der Waals surface area contributed by atoms with Crippen molar-refractivity contribution in [1.29, 1.82) is 0 Å². The van der Waals surface area contributed by atoms with Crippen LogP contribution in [-0.4, -0.2) is 49.7 Å². The molecule has 3 N–H and O–H groups in total. The molecule has 9 heteroatoms. The first-order chi connectivity index (χ1) is 11.7. The number of anilines is 3. The van der Waals surface area contributed by atoms with Crippen LogP contribution in [0.3, 0.4) is 0 Å². The predicted molar refractivity (Wildman–Crippen MR) is 94.4 cm³/mol. The Bertz CT molecular complexity index is 851. The summed E-state index contributed by atoms with van der Waals surface area (Å²) in [7, 11) is 0. The first-order valence-electron chi connectivity index (χ1n) is 7.73. The molecule has 2 aromatic heterocycles. The first-order valence-corrected chi connectivity index (χ1v) is 8.52. The number of hydrogen-bond acceptors (Lipinski definition) is 7. The number of benzene rings is 1. The molecule has 0 spiro atoms. The van der Waals surface area contributed by atoms with Gasteiger partial charge in [0.1, 0.15) is 0 Å². The zero-order valence-electron chi connectivity index (χ0n) is 12.8. The summed E-state index contributed by atoms with van der Waals surface area (Å²) in [4.78, 5) is 11.1. The Morgan fingerprint density at radius 3 is 2.88 bits per heavy atom. The van der Waals surface area contributed by atoms with E-state index in [-0.39, 0.29) is 12.6 Å². The van der Waals surface area contributed by atoms with Gasteiger partial charge in [0, 0.05) is 16.7 Å². The lowest BCUT2D eigenvalue weighted by atomic mass is 10.2. The third-order valence-electron chi connectivity index (χ3n) is 4.12. The molecule has 0 saturated carbocycles. The van der Waals surface area contributed by atoms with Crippen molar-refractivity contribution in [1.82, 2.24) is 25.4 Å². The Hall–Kier alpha value is -2.26. The van der Waals surface area contributed by atoms with Gasteiger partial charge in [0.2, 0.25) is 11.6 Å². The van der Waals surface area contributed by atoms with Crippen molar-refractivity contribution in [2.24, 2.45) is 0 Å².